The summed E-state index contributed by atoms with van der Waals surface area (Å²) in [6, 6.07) is 5.43. The normalized spacial score (nSPS) is 14.1. The first-order valence-electron chi connectivity index (χ1n) is 7.63. The summed E-state index contributed by atoms with van der Waals surface area (Å²) in [4.78, 5) is 25.2. The predicted molar refractivity (Wildman–Crippen MR) is 97.5 cm³/mol. The number of nitrogens with one attached hydrogen (secondary N) is 2. The van der Waals surface area contributed by atoms with Crippen LogP contribution in [0.1, 0.15) is 43.5 Å². The molecule has 0 atom stereocenters. The number of carbonyl (C=O) groups is 2. The number of halogens is 1. The van der Waals surface area contributed by atoms with Crippen LogP contribution in [0, 0.1) is 0 Å². The zero-order valence-corrected chi connectivity index (χ0v) is 15.1. The van der Waals surface area contributed by atoms with Gasteiger partial charge in [0, 0.05) is 29.2 Å². The van der Waals surface area contributed by atoms with Gasteiger partial charge in [-0.25, -0.2) is 0 Å². The van der Waals surface area contributed by atoms with Crippen LogP contribution in [0.15, 0.2) is 23.1 Å². The number of hydrogen-bond acceptors (Lipinski definition) is 4. The van der Waals surface area contributed by atoms with E-state index in [1.54, 1.807) is 23.9 Å². The van der Waals surface area contributed by atoms with Crippen molar-refractivity contribution in [2.75, 3.05) is 17.6 Å². The van der Waals surface area contributed by atoms with Crippen LogP contribution in [0.3, 0.4) is 0 Å². The lowest BCUT2D eigenvalue weighted by molar-refractivity contribution is -0.115. The molecule has 4 N–H and O–H groups in total. The van der Waals surface area contributed by atoms with Crippen molar-refractivity contribution >= 4 is 41.7 Å². The van der Waals surface area contributed by atoms with E-state index in [2.05, 4.69) is 10.6 Å². The number of benzene rings is 1. The molecule has 2 amide bonds. The lowest BCUT2D eigenvalue weighted by Gasteiger charge is -2.31. The number of fused-ring (bicyclic) bond motifs is 1. The fraction of sp³-hybridized carbons (Fsp3) is 0.500. The van der Waals surface area contributed by atoms with Crippen molar-refractivity contribution in [2.45, 2.75) is 43.5 Å². The smallest absolute Gasteiger partial charge is 0.251 e. The first kappa shape index (κ1) is 19.8. The molecule has 0 saturated carbocycles. The van der Waals surface area contributed by atoms with E-state index in [-0.39, 0.29) is 29.8 Å². The molecule has 0 fully saturated rings. The zero-order chi connectivity index (χ0) is 16.2. The second-order valence-electron chi connectivity index (χ2n) is 5.50. The molecular formula is C16H24ClN3O2S. The largest absolute Gasteiger partial charge is 0.345 e. The van der Waals surface area contributed by atoms with Crippen LogP contribution >= 0.6 is 24.2 Å². The van der Waals surface area contributed by atoms with Crippen molar-refractivity contribution in [2.24, 2.45) is 5.73 Å². The molecular weight excluding hydrogens is 334 g/mol. The highest BCUT2D eigenvalue weighted by atomic mass is 35.5. The van der Waals surface area contributed by atoms with Crippen LogP contribution in [0.2, 0.25) is 0 Å². The van der Waals surface area contributed by atoms with E-state index in [1.165, 1.54) is 0 Å². The molecule has 1 aliphatic heterocycles. The molecule has 7 heteroatoms. The number of thioether (sulfide) groups is 1. The molecule has 1 aliphatic rings. The van der Waals surface area contributed by atoms with Gasteiger partial charge in [0.15, 0.2) is 0 Å². The molecule has 0 saturated heterocycles. The van der Waals surface area contributed by atoms with Gasteiger partial charge in [-0.3, -0.25) is 9.59 Å². The van der Waals surface area contributed by atoms with Crippen molar-refractivity contribution < 1.29 is 9.59 Å². The van der Waals surface area contributed by atoms with Crippen molar-refractivity contribution in [1.29, 1.82) is 0 Å². The Morgan fingerprint density at radius 1 is 1.39 bits per heavy atom. The highest BCUT2D eigenvalue weighted by molar-refractivity contribution is 7.99. The minimum absolute atomic E-state index is 0. The quantitative estimate of drug-likeness (QED) is 0.756. The molecule has 5 nitrogen and oxygen atoms in total. The SMILES string of the molecule is CCC(CC)(CN)NC(=O)c1ccc2c(c1)NC(=O)CCS2.Cl. The van der Waals surface area contributed by atoms with Crippen molar-refractivity contribution in [1.82, 2.24) is 5.32 Å². The molecule has 1 aromatic carbocycles. The summed E-state index contributed by atoms with van der Waals surface area (Å²) in [5, 5.41) is 5.90. The van der Waals surface area contributed by atoms with E-state index < -0.39 is 0 Å². The summed E-state index contributed by atoms with van der Waals surface area (Å²) in [6.07, 6.45) is 2.05. The first-order chi connectivity index (χ1) is 10.5. The van der Waals surface area contributed by atoms with E-state index in [0.717, 1.165) is 23.5 Å². The number of nitrogens with two attached hydrogens (primary N) is 1. The van der Waals surface area contributed by atoms with Crippen molar-refractivity contribution in [3.8, 4) is 0 Å². The van der Waals surface area contributed by atoms with Gasteiger partial charge < -0.3 is 16.4 Å². The number of rotatable bonds is 5. The van der Waals surface area contributed by atoms with E-state index in [4.69, 9.17) is 5.73 Å². The topological polar surface area (TPSA) is 84.2 Å². The zero-order valence-electron chi connectivity index (χ0n) is 13.5. The third-order valence-corrected chi connectivity index (χ3v) is 5.30. The number of anilines is 1. The van der Waals surface area contributed by atoms with E-state index in [0.29, 0.717) is 24.2 Å². The minimum atomic E-state index is -0.373. The van der Waals surface area contributed by atoms with E-state index in [9.17, 15) is 9.59 Å². The molecule has 0 aromatic heterocycles. The van der Waals surface area contributed by atoms with Gasteiger partial charge >= 0.3 is 0 Å². The average molecular weight is 358 g/mol. The van der Waals surface area contributed by atoms with Gasteiger partial charge in [0.25, 0.3) is 5.91 Å². The Morgan fingerprint density at radius 3 is 2.70 bits per heavy atom. The van der Waals surface area contributed by atoms with Gasteiger partial charge in [-0.05, 0) is 31.0 Å². The van der Waals surface area contributed by atoms with Crippen molar-refractivity contribution in [3.05, 3.63) is 23.8 Å². The van der Waals surface area contributed by atoms with Gasteiger partial charge in [0.05, 0.1) is 11.2 Å². The highest BCUT2D eigenvalue weighted by Crippen LogP contribution is 2.31. The van der Waals surface area contributed by atoms with Gasteiger partial charge in [-0.1, -0.05) is 13.8 Å². The van der Waals surface area contributed by atoms with E-state index in [1.807, 2.05) is 19.9 Å². The maximum atomic E-state index is 12.5. The maximum absolute atomic E-state index is 12.5. The van der Waals surface area contributed by atoms with Crippen LogP contribution in [0.25, 0.3) is 0 Å². The van der Waals surface area contributed by atoms with Crippen LogP contribution in [-0.2, 0) is 4.79 Å². The summed E-state index contributed by atoms with van der Waals surface area (Å²) < 4.78 is 0. The fourth-order valence-corrected chi connectivity index (χ4v) is 3.38. The molecule has 2 rings (SSSR count). The third-order valence-electron chi connectivity index (χ3n) is 4.23. The Hall–Kier alpha value is -1.24. The summed E-state index contributed by atoms with van der Waals surface area (Å²) >= 11 is 1.63. The van der Waals surface area contributed by atoms with Gasteiger partial charge in [-0.2, -0.15) is 0 Å². The molecule has 1 heterocycles. The lowest BCUT2D eigenvalue weighted by Crippen LogP contribution is -2.52. The maximum Gasteiger partial charge on any atom is 0.251 e. The third kappa shape index (κ3) is 4.62. The molecule has 0 aliphatic carbocycles. The number of hydrogen-bond donors (Lipinski definition) is 3. The molecule has 128 valence electrons. The summed E-state index contributed by atoms with van der Waals surface area (Å²) in [7, 11) is 0. The molecule has 0 bridgehead atoms. The average Bonchev–Trinajstić information content (AvgIpc) is 2.72. The summed E-state index contributed by atoms with van der Waals surface area (Å²) in [5.74, 6) is 0.592. The Kier molecular flexibility index (Phi) is 7.38. The van der Waals surface area contributed by atoms with Gasteiger partial charge in [0.1, 0.15) is 0 Å². The first-order valence-corrected chi connectivity index (χ1v) is 8.61. The molecule has 23 heavy (non-hydrogen) atoms. The number of amides is 2. The Labute approximate surface area is 147 Å². The molecule has 1 aromatic rings. The monoisotopic (exact) mass is 357 g/mol. The van der Waals surface area contributed by atoms with Gasteiger partial charge in [0.2, 0.25) is 5.91 Å². The van der Waals surface area contributed by atoms with Crippen LogP contribution in [0.4, 0.5) is 5.69 Å². The Morgan fingerprint density at radius 2 is 2.09 bits per heavy atom. The summed E-state index contributed by atoms with van der Waals surface area (Å²) in [5.41, 5.74) is 6.71. The minimum Gasteiger partial charge on any atom is -0.345 e. The molecule has 0 unspecified atom stereocenters. The molecule has 0 spiro atoms. The number of carbonyl (C=O) groups excluding carboxylic acids is 2. The highest BCUT2D eigenvalue weighted by Gasteiger charge is 2.27. The van der Waals surface area contributed by atoms with Crippen molar-refractivity contribution in [3.63, 3.8) is 0 Å². The second-order valence-corrected chi connectivity index (χ2v) is 6.64. The predicted octanol–water partition coefficient (Wildman–Crippen LogP) is 2.79. The van der Waals surface area contributed by atoms with Crippen LogP contribution in [0.5, 0.6) is 0 Å². The molecule has 0 radical (unpaired) electrons. The van der Waals surface area contributed by atoms with E-state index >= 15 is 0 Å². The van der Waals surface area contributed by atoms with Gasteiger partial charge in [-0.15, -0.1) is 24.2 Å². The Balaban J connectivity index is 0.00000264. The lowest BCUT2D eigenvalue weighted by atomic mass is 9.92. The van der Waals surface area contributed by atoms with Crippen LogP contribution in [-0.4, -0.2) is 29.7 Å². The second kappa shape index (κ2) is 8.57. The summed E-state index contributed by atoms with van der Waals surface area (Å²) in [6.45, 7) is 4.44. The standard InChI is InChI=1S/C16H23N3O2S.ClH/c1-3-16(4-2,10-17)19-15(21)11-5-6-13-12(9-11)18-14(20)7-8-22-13;/h5-6,9H,3-4,7-8,10,17H2,1-2H3,(H,18,20)(H,19,21);1H. The Bertz CT molecular complexity index is 568. The van der Waals surface area contributed by atoms with Crippen LogP contribution < -0.4 is 16.4 Å². The fourth-order valence-electron chi connectivity index (χ4n) is 2.44.